The van der Waals surface area contributed by atoms with Crippen LogP contribution in [-0.4, -0.2) is 43.8 Å². The molecule has 3 rings (SSSR count). The lowest BCUT2D eigenvalue weighted by Crippen LogP contribution is -2.35. The maximum Gasteiger partial charge on any atom is 0.339 e. The fourth-order valence-electron chi connectivity index (χ4n) is 3.46. The third-order valence-corrected chi connectivity index (χ3v) is 7.33. The van der Waals surface area contributed by atoms with Crippen molar-refractivity contribution in [2.45, 2.75) is 51.0 Å². The largest absolute Gasteiger partial charge is 0.449 e. The summed E-state index contributed by atoms with van der Waals surface area (Å²) < 4.78 is 32.7. The van der Waals surface area contributed by atoms with E-state index in [9.17, 15) is 18.0 Å². The number of amides is 1. The summed E-state index contributed by atoms with van der Waals surface area (Å²) in [4.78, 5) is 25.3. The van der Waals surface area contributed by atoms with Crippen molar-refractivity contribution >= 4 is 27.6 Å². The van der Waals surface area contributed by atoms with Crippen molar-refractivity contribution in [2.75, 3.05) is 18.4 Å². The Labute approximate surface area is 183 Å². The number of esters is 1. The molecule has 1 saturated heterocycles. The van der Waals surface area contributed by atoms with Gasteiger partial charge >= 0.3 is 5.97 Å². The van der Waals surface area contributed by atoms with Gasteiger partial charge in [-0.15, -0.1) is 0 Å². The summed E-state index contributed by atoms with van der Waals surface area (Å²) in [5.41, 5.74) is 2.24. The molecule has 1 aliphatic rings. The molecule has 1 aliphatic heterocycles. The monoisotopic (exact) mass is 444 g/mol. The van der Waals surface area contributed by atoms with Crippen LogP contribution in [0.4, 0.5) is 5.69 Å². The molecule has 0 saturated carbocycles. The molecule has 7 nitrogen and oxygen atoms in total. The van der Waals surface area contributed by atoms with Crippen molar-refractivity contribution in [3.8, 4) is 0 Å². The number of anilines is 1. The summed E-state index contributed by atoms with van der Waals surface area (Å²) in [5, 5.41) is 2.74. The second-order valence-corrected chi connectivity index (χ2v) is 9.73. The molecule has 8 heteroatoms. The molecule has 1 atom stereocenters. The highest BCUT2D eigenvalue weighted by molar-refractivity contribution is 7.89. The van der Waals surface area contributed by atoms with Gasteiger partial charge in [-0.25, -0.2) is 13.2 Å². The topological polar surface area (TPSA) is 92.8 Å². The molecule has 2 aromatic carbocycles. The van der Waals surface area contributed by atoms with E-state index < -0.39 is 28.0 Å². The van der Waals surface area contributed by atoms with Gasteiger partial charge in [0.2, 0.25) is 10.0 Å². The molecular weight excluding hydrogens is 416 g/mol. The highest BCUT2D eigenvalue weighted by atomic mass is 32.2. The molecule has 0 aliphatic carbocycles. The summed E-state index contributed by atoms with van der Waals surface area (Å²) in [7, 11) is -3.68. The number of benzene rings is 2. The lowest BCUT2D eigenvalue weighted by molar-refractivity contribution is -0.123. The summed E-state index contributed by atoms with van der Waals surface area (Å²) in [5.74, 6) is -1.20. The number of para-hydroxylation sites is 1. The molecule has 1 N–H and O–H groups in total. The number of sulfonamides is 1. The SMILES string of the molecule is Cc1ccccc1NC(=O)C(C)OC(=O)c1cc(S(=O)(=O)N2CCCCC2)ccc1C. The van der Waals surface area contributed by atoms with E-state index in [1.54, 1.807) is 25.1 Å². The number of nitrogens with zero attached hydrogens (tertiary/aromatic N) is 1. The molecule has 1 amide bonds. The van der Waals surface area contributed by atoms with E-state index in [2.05, 4.69) is 5.32 Å². The Morgan fingerprint density at radius 2 is 1.68 bits per heavy atom. The predicted octanol–water partition coefficient (Wildman–Crippen LogP) is 3.66. The van der Waals surface area contributed by atoms with Gasteiger partial charge in [0.15, 0.2) is 6.10 Å². The number of piperidine rings is 1. The Balaban J connectivity index is 1.74. The molecule has 1 unspecified atom stereocenters. The Hall–Kier alpha value is -2.71. The fraction of sp³-hybridized carbons (Fsp3) is 0.391. The number of carbonyl (C=O) groups is 2. The first-order chi connectivity index (χ1) is 14.7. The van der Waals surface area contributed by atoms with Gasteiger partial charge in [0.25, 0.3) is 5.91 Å². The molecular formula is C23H28N2O5S. The van der Waals surface area contributed by atoms with E-state index in [4.69, 9.17) is 4.74 Å². The number of ether oxygens (including phenoxy) is 1. The van der Waals surface area contributed by atoms with Crippen molar-refractivity contribution in [3.63, 3.8) is 0 Å². The number of aryl methyl sites for hydroxylation is 2. The van der Waals surface area contributed by atoms with Crippen LogP contribution >= 0.6 is 0 Å². The van der Waals surface area contributed by atoms with Crippen molar-refractivity contribution in [3.05, 3.63) is 59.2 Å². The van der Waals surface area contributed by atoms with Gasteiger partial charge in [0, 0.05) is 18.8 Å². The summed E-state index contributed by atoms with van der Waals surface area (Å²) >= 11 is 0. The quantitative estimate of drug-likeness (QED) is 0.687. The third kappa shape index (κ3) is 5.32. The Kier molecular flexibility index (Phi) is 7.12. The van der Waals surface area contributed by atoms with Gasteiger partial charge in [-0.05, 0) is 62.9 Å². The number of carbonyl (C=O) groups excluding carboxylic acids is 2. The highest BCUT2D eigenvalue weighted by Crippen LogP contribution is 2.23. The Morgan fingerprint density at radius 1 is 1.00 bits per heavy atom. The van der Waals surface area contributed by atoms with Crippen molar-refractivity contribution in [1.82, 2.24) is 4.31 Å². The van der Waals surface area contributed by atoms with Gasteiger partial charge in [-0.2, -0.15) is 4.31 Å². The molecule has 31 heavy (non-hydrogen) atoms. The van der Waals surface area contributed by atoms with Crippen molar-refractivity contribution < 1.29 is 22.7 Å². The van der Waals surface area contributed by atoms with Crippen molar-refractivity contribution in [1.29, 1.82) is 0 Å². The van der Waals surface area contributed by atoms with Crippen molar-refractivity contribution in [2.24, 2.45) is 0 Å². The van der Waals surface area contributed by atoms with Gasteiger partial charge in [0.1, 0.15) is 0 Å². The fourth-order valence-corrected chi connectivity index (χ4v) is 5.00. The van der Waals surface area contributed by atoms with Crippen LogP contribution in [0.1, 0.15) is 47.7 Å². The van der Waals surface area contributed by atoms with E-state index in [1.165, 1.54) is 23.4 Å². The maximum atomic E-state index is 12.9. The second kappa shape index (κ2) is 9.62. The van der Waals surface area contributed by atoms with E-state index in [0.29, 0.717) is 24.3 Å². The minimum absolute atomic E-state index is 0.0592. The van der Waals surface area contributed by atoms with Crippen LogP contribution in [0.3, 0.4) is 0 Å². The molecule has 2 aromatic rings. The van der Waals surface area contributed by atoms with E-state index in [1.807, 2.05) is 19.1 Å². The summed E-state index contributed by atoms with van der Waals surface area (Å²) in [6.07, 6.45) is 1.62. The lowest BCUT2D eigenvalue weighted by atomic mass is 10.1. The molecule has 1 heterocycles. The summed E-state index contributed by atoms with van der Waals surface area (Å²) in [6, 6.07) is 11.7. The van der Waals surface area contributed by atoms with Crippen LogP contribution in [0, 0.1) is 13.8 Å². The molecule has 1 fully saturated rings. The second-order valence-electron chi connectivity index (χ2n) is 7.79. The van der Waals surface area contributed by atoms with E-state index in [0.717, 1.165) is 24.8 Å². The zero-order valence-corrected chi connectivity index (χ0v) is 18.9. The predicted molar refractivity (Wildman–Crippen MR) is 118 cm³/mol. The number of hydrogen-bond donors (Lipinski definition) is 1. The van der Waals surface area contributed by atoms with E-state index >= 15 is 0 Å². The zero-order valence-electron chi connectivity index (χ0n) is 18.1. The molecule has 0 spiro atoms. The third-order valence-electron chi connectivity index (χ3n) is 5.44. The van der Waals surface area contributed by atoms with Gasteiger partial charge in [-0.3, -0.25) is 4.79 Å². The number of nitrogens with one attached hydrogen (secondary N) is 1. The average molecular weight is 445 g/mol. The zero-order chi connectivity index (χ0) is 22.6. The summed E-state index contributed by atoms with van der Waals surface area (Å²) in [6.45, 7) is 6.00. The minimum Gasteiger partial charge on any atom is -0.449 e. The van der Waals surface area contributed by atoms with Crippen LogP contribution < -0.4 is 5.32 Å². The standard InChI is InChI=1S/C23H28N2O5S/c1-16-11-12-19(31(28,29)25-13-7-4-8-14-25)15-20(16)23(27)30-18(3)22(26)24-21-10-6-5-9-17(21)2/h5-6,9-12,15,18H,4,7-8,13-14H2,1-3H3,(H,24,26). The highest BCUT2D eigenvalue weighted by Gasteiger charge is 2.28. The minimum atomic E-state index is -3.68. The van der Waals surface area contributed by atoms with Gasteiger partial charge in [-0.1, -0.05) is 30.7 Å². The number of hydrogen-bond acceptors (Lipinski definition) is 5. The molecule has 0 aromatic heterocycles. The first-order valence-corrected chi connectivity index (χ1v) is 11.8. The number of rotatable bonds is 6. The lowest BCUT2D eigenvalue weighted by Gasteiger charge is -2.26. The van der Waals surface area contributed by atoms with Crippen LogP contribution in [0.15, 0.2) is 47.4 Å². The van der Waals surface area contributed by atoms with E-state index in [-0.39, 0.29) is 10.5 Å². The first-order valence-electron chi connectivity index (χ1n) is 10.4. The average Bonchev–Trinajstić information content (AvgIpc) is 2.76. The van der Waals surface area contributed by atoms with Gasteiger partial charge in [0.05, 0.1) is 10.5 Å². The van der Waals surface area contributed by atoms with Crippen LogP contribution in [0.5, 0.6) is 0 Å². The normalized spacial score (nSPS) is 15.8. The Bertz CT molecular complexity index is 1080. The smallest absolute Gasteiger partial charge is 0.339 e. The maximum absolute atomic E-state index is 12.9. The first kappa shape index (κ1) is 23.0. The van der Waals surface area contributed by atoms with Crippen LogP contribution in [0.2, 0.25) is 0 Å². The molecule has 166 valence electrons. The molecule has 0 bridgehead atoms. The van der Waals surface area contributed by atoms with Crippen LogP contribution in [0.25, 0.3) is 0 Å². The van der Waals surface area contributed by atoms with Crippen LogP contribution in [-0.2, 0) is 19.6 Å². The molecule has 0 radical (unpaired) electrons. The Morgan fingerprint density at radius 3 is 2.35 bits per heavy atom. The van der Waals surface area contributed by atoms with Gasteiger partial charge < -0.3 is 10.1 Å².